The molecule has 0 aliphatic carbocycles. The van der Waals surface area contributed by atoms with Crippen molar-refractivity contribution in [3.8, 4) is 34.8 Å². The topological polar surface area (TPSA) is 83.1 Å². The molecule has 3 rings (SSSR count). The molecule has 134 valence electrons. The van der Waals surface area contributed by atoms with Crippen LogP contribution in [0.25, 0.3) is 11.1 Å². The Bertz CT molecular complexity index is 1070. The quantitative estimate of drug-likeness (QED) is 0.285. The van der Waals surface area contributed by atoms with Crippen LogP contribution in [0.1, 0.15) is 11.1 Å². The van der Waals surface area contributed by atoms with Crippen LogP contribution in [0.15, 0.2) is 85.1 Å². The molecule has 0 fully saturated rings. The monoisotopic (exact) mass is 366 g/mol. The number of carbonyl (C=O) groups is 1. The van der Waals surface area contributed by atoms with Gasteiger partial charge in [-0.25, -0.2) is 4.79 Å². The fourth-order valence-electron chi connectivity index (χ4n) is 2.38. The van der Waals surface area contributed by atoms with Crippen molar-refractivity contribution >= 4 is 5.97 Å². The van der Waals surface area contributed by atoms with Gasteiger partial charge in [0, 0.05) is 0 Å². The molecule has 0 radical (unpaired) electrons. The van der Waals surface area contributed by atoms with Gasteiger partial charge in [-0.3, -0.25) is 0 Å². The van der Waals surface area contributed by atoms with E-state index in [1.165, 1.54) is 12.3 Å². The van der Waals surface area contributed by atoms with E-state index in [1.807, 2.05) is 30.3 Å². The van der Waals surface area contributed by atoms with Crippen LogP contribution in [-0.4, -0.2) is 5.97 Å². The summed E-state index contributed by atoms with van der Waals surface area (Å²) < 4.78 is 10.5. The Hall–Kier alpha value is -4.35. The van der Waals surface area contributed by atoms with Gasteiger partial charge < -0.3 is 9.47 Å². The largest absolute Gasteiger partial charge is 0.465 e. The van der Waals surface area contributed by atoms with Crippen LogP contribution in [0.5, 0.6) is 11.5 Å². The molecular weight excluding hydrogens is 352 g/mol. The Morgan fingerprint density at radius 1 is 0.714 bits per heavy atom. The maximum Gasteiger partial charge on any atom is 0.339 e. The van der Waals surface area contributed by atoms with E-state index in [0.717, 1.165) is 11.1 Å². The summed E-state index contributed by atoms with van der Waals surface area (Å²) in [5.41, 5.74) is 3.08. The van der Waals surface area contributed by atoms with E-state index in [-0.39, 0.29) is 0 Å². The second-order valence-corrected chi connectivity index (χ2v) is 5.69. The number of nitrogens with zero attached hydrogens (tertiary/aromatic N) is 2. The van der Waals surface area contributed by atoms with Crippen LogP contribution in [0.4, 0.5) is 0 Å². The Kier molecular flexibility index (Phi) is 5.82. The molecule has 0 aliphatic heterocycles. The van der Waals surface area contributed by atoms with Crippen LogP contribution >= 0.6 is 0 Å². The summed E-state index contributed by atoms with van der Waals surface area (Å²) >= 11 is 0. The summed E-state index contributed by atoms with van der Waals surface area (Å²) in [5, 5.41) is 17.6. The molecule has 0 spiro atoms. The first-order valence-corrected chi connectivity index (χ1v) is 8.34. The summed E-state index contributed by atoms with van der Waals surface area (Å²) in [7, 11) is 0. The van der Waals surface area contributed by atoms with E-state index in [9.17, 15) is 4.79 Å². The third kappa shape index (κ3) is 4.85. The van der Waals surface area contributed by atoms with Crippen molar-refractivity contribution in [2.24, 2.45) is 0 Å². The lowest BCUT2D eigenvalue weighted by Crippen LogP contribution is -2.04. The minimum absolute atomic E-state index is 0.348. The van der Waals surface area contributed by atoms with Crippen molar-refractivity contribution in [3.63, 3.8) is 0 Å². The van der Waals surface area contributed by atoms with Gasteiger partial charge in [-0.1, -0.05) is 24.3 Å². The molecule has 28 heavy (non-hydrogen) atoms. The third-order valence-corrected chi connectivity index (χ3v) is 3.81. The fourth-order valence-corrected chi connectivity index (χ4v) is 2.38. The molecule has 0 saturated carbocycles. The number of ether oxygens (including phenoxy) is 2. The van der Waals surface area contributed by atoms with Crippen LogP contribution in [0, 0.1) is 22.7 Å². The number of hydrogen-bond donors (Lipinski definition) is 0. The van der Waals surface area contributed by atoms with Gasteiger partial charge in [0.15, 0.2) is 0 Å². The van der Waals surface area contributed by atoms with Crippen molar-refractivity contribution in [2.75, 3.05) is 0 Å². The standard InChI is InChI=1S/C23H14N2O3/c24-15-17-1-5-19(6-2-17)20-7-11-21(12-8-20)27-14-13-23(26)28-22-9-3-18(16-25)4-10-22/h1-14H/b14-13+. The van der Waals surface area contributed by atoms with Crippen LogP contribution in [0.2, 0.25) is 0 Å². The molecular formula is C23H14N2O3. The smallest absolute Gasteiger partial charge is 0.339 e. The lowest BCUT2D eigenvalue weighted by molar-refractivity contribution is -0.129. The van der Waals surface area contributed by atoms with E-state index in [2.05, 4.69) is 6.07 Å². The van der Waals surface area contributed by atoms with Crippen molar-refractivity contribution in [1.82, 2.24) is 0 Å². The molecule has 0 amide bonds. The molecule has 0 aromatic heterocycles. The number of carbonyl (C=O) groups excluding carboxylic acids is 1. The van der Waals surface area contributed by atoms with Crippen molar-refractivity contribution < 1.29 is 14.3 Å². The maximum atomic E-state index is 11.8. The zero-order valence-corrected chi connectivity index (χ0v) is 14.7. The molecule has 0 atom stereocenters. The molecule has 0 bridgehead atoms. The van der Waals surface area contributed by atoms with Gasteiger partial charge in [0.25, 0.3) is 0 Å². The molecule has 0 saturated heterocycles. The first-order valence-electron chi connectivity index (χ1n) is 8.34. The van der Waals surface area contributed by atoms with Gasteiger partial charge in [-0.2, -0.15) is 10.5 Å². The van der Waals surface area contributed by atoms with E-state index in [0.29, 0.717) is 22.6 Å². The van der Waals surface area contributed by atoms with Gasteiger partial charge in [0.1, 0.15) is 11.5 Å². The van der Waals surface area contributed by atoms with Gasteiger partial charge in [-0.05, 0) is 59.7 Å². The normalized spacial score (nSPS) is 10.1. The molecule has 0 unspecified atom stereocenters. The molecule has 3 aromatic rings. The lowest BCUT2D eigenvalue weighted by Gasteiger charge is -2.04. The van der Waals surface area contributed by atoms with E-state index in [1.54, 1.807) is 48.5 Å². The number of nitriles is 2. The fraction of sp³-hybridized carbons (Fsp3) is 0. The molecule has 5 heteroatoms. The van der Waals surface area contributed by atoms with Gasteiger partial charge in [0.2, 0.25) is 0 Å². The minimum atomic E-state index is -0.584. The lowest BCUT2D eigenvalue weighted by atomic mass is 10.0. The molecule has 0 heterocycles. The number of hydrogen-bond acceptors (Lipinski definition) is 5. The van der Waals surface area contributed by atoms with E-state index in [4.69, 9.17) is 20.0 Å². The molecule has 3 aromatic carbocycles. The molecule has 5 nitrogen and oxygen atoms in total. The maximum absolute atomic E-state index is 11.8. The average Bonchev–Trinajstić information content (AvgIpc) is 2.75. The number of benzene rings is 3. The number of rotatable bonds is 5. The second-order valence-electron chi connectivity index (χ2n) is 5.69. The van der Waals surface area contributed by atoms with Crippen molar-refractivity contribution in [2.45, 2.75) is 0 Å². The highest BCUT2D eigenvalue weighted by molar-refractivity contribution is 5.83. The zero-order valence-electron chi connectivity index (χ0n) is 14.7. The Balaban J connectivity index is 1.55. The highest BCUT2D eigenvalue weighted by Crippen LogP contribution is 2.23. The van der Waals surface area contributed by atoms with Crippen LogP contribution in [0.3, 0.4) is 0 Å². The van der Waals surface area contributed by atoms with Gasteiger partial charge >= 0.3 is 5.97 Å². The van der Waals surface area contributed by atoms with E-state index < -0.39 is 5.97 Å². The van der Waals surface area contributed by atoms with Crippen LogP contribution in [-0.2, 0) is 4.79 Å². The zero-order chi connectivity index (χ0) is 19.8. The number of esters is 1. The SMILES string of the molecule is N#Cc1ccc(OC(=O)/C=C/Oc2ccc(-c3ccc(C#N)cc3)cc2)cc1. The highest BCUT2D eigenvalue weighted by atomic mass is 16.5. The minimum Gasteiger partial charge on any atom is -0.465 e. The Morgan fingerprint density at radius 2 is 1.18 bits per heavy atom. The van der Waals surface area contributed by atoms with Gasteiger partial charge in [0.05, 0.1) is 35.6 Å². The average molecular weight is 366 g/mol. The van der Waals surface area contributed by atoms with Crippen LogP contribution < -0.4 is 9.47 Å². The summed E-state index contributed by atoms with van der Waals surface area (Å²) in [6, 6.07) is 25.0. The third-order valence-electron chi connectivity index (χ3n) is 3.81. The molecule has 0 N–H and O–H groups in total. The molecule has 0 aliphatic rings. The predicted octanol–water partition coefficient (Wildman–Crippen LogP) is 4.60. The first kappa shape index (κ1) is 18.4. The Labute approximate surface area is 162 Å². The van der Waals surface area contributed by atoms with E-state index >= 15 is 0 Å². The highest BCUT2D eigenvalue weighted by Gasteiger charge is 2.02. The second kappa shape index (κ2) is 8.84. The predicted molar refractivity (Wildman–Crippen MR) is 103 cm³/mol. The Morgan fingerprint density at radius 3 is 1.71 bits per heavy atom. The summed E-state index contributed by atoms with van der Waals surface area (Å²) in [5.74, 6) is 0.333. The van der Waals surface area contributed by atoms with Crippen molar-refractivity contribution in [1.29, 1.82) is 10.5 Å². The summed E-state index contributed by atoms with van der Waals surface area (Å²) in [4.78, 5) is 11.8. The van der Waals surface area contributed by atoms with Crippen molar-refractivity contribution in [3.05, 3.63) is 96.3 Å². The summed E-state index contributed by atoms with van der Waals surface area (Å²) in [6.45, 7) is 0. The summed E-state index contributed by atoms with van der Waals surface area (Å²) in [6.07, 6.45) is 2.43. The van der Waals surface area contributed by atoms with Gasteiger partial charge in [-0.15, -0.1) is 0 Å². The first-order chi connectivity index (χ1) is 13.7.